The van der Waals surface area contributed by atoms with Crippen LogP contribution in [0.1, 0.15) is 55.5 Å². The molecular weight excluding hydrogens is 552 g/mol. The van der Waals surface area contributed by atoms with Gasteiger partial charge in [0.1, 0.15) is 11.4 Å². The SMILES string of the molecule is CC(c1cccc(Cn2cc(-c3cc(-c4cccc(C#N)c4)nc(NC(=O)COc4ccccc4)n3)nn2)n1)C1CCCC1. The Bertz CT molecular complexity index is 1790. The van der Waals surface area contributed by atoms with Crippen LogP contribution in [-0.2, 0) is 11.3 Å². The van der Waals surface area contributed by atoms with Crippen LogP contribution in [-0.4, -0.2) is 42.5 Å². The number of hydrogen-bond donors (Lipinski definition) is 1. The molecule has 1 unspecified atom stereocenters. The molecule has 1 saturated carbocycles. The lowest BCUT2D eigenvalue weighted by Crippen LogP contribution is -2.21. The molecule has 1 aliphatic carbocycles. The van der Waals surface area contributed by atoms with Gasteiger partial charge in [0.05, 0.1) is 41.5 Å². The van der Waals surface area contributed by atoms with Crippen molar-refractivity contribution >= 4 is 11.9 Å². The summed E-state index contributed by atoms with van der Waals surface area (Å²) in [5.41, 5.74) is 4.73. The quantitative estimate of drug-likeness (QED) is 0.211. The summed E-state index contributed by atoms with van der Waals surface area (Å²) in [5, 5.41) is 20.9. The topological polar surface area (TPSA) is 132 Å². The highest BCUT2D eigenvalue weighted by atomic mass is 16.5. The van der Waals surface area contributed by atoms with Gasteiger partial charge in [0.15, 0.2) is 6.61 Å². The maximum absolute atomic E-state index is 12.8. The van der Waals surface area contributed by atoms with Gasteiger partial charge in [-0.25, -0.2) is 14.6 Å². The highest BCUT2D eigenvalue weighted by molar-refractivity contribution is 5.90. The Balaban J connectivity index is 1.24. The zero-order valence-corrected chi connectivity index (χ0v) is 24.4. The van der Waals surface area contributed by atoms with Crippen molar-refractivity contribution in [2.45, 2.75) is 45.1 Å². The van der Waals surface area contributed by atoms with Crippen molar-refractivity contribution in [1.82, 2.24) is 29.9 Å². The summed E-state index contributed by atoms with van der Waals surface area (Å²) in [5.74, 6) is 1.37. The van der Waals surface area contributed by atoms with E-state index < -0.39 is 5.91 Å². The second-order valence-electron chi connectivity index (χ2n) is 11.0. The van der Waals surface area contributed by atoms with E-state index in [1.165, 1.54) is 25.7 Å². The predicted octanol–water partition coefficient (Wildman–Crippen LogP) is 6.03. The molecule has 220 valence electrons. The Kier molecular flexibility index (Phi) is 8.64. The van der Waals surface area contributed by atoms with Gasteiger partial charge < -0.3 is 4.74 Å². The predicted molar refractivity (Wildman–Crippen MR) is 165 cm³/mol. The number of rotatable bonds is 10. The van der Waals surface area contributed by atoms with Gasteiger partial charge in [-0.1, -0.05) is 61.4 Å². The minimum Gasteiger partial charge on any atom is -0.484 e. The normalized spacial score (nSPS) is 13.7. The van der Waals surface area contributed by atoms with Crippen LogP contribution in [0.25, 0.3) is 22.6 Å². The second kappa shape index (κ2) is 13.3. The van der Waals surface area contributed by atoms with Crippen LogP contribution in [0.4, 0.5) is 5.95 Å². The molecule has 1 N–H and O–H groups in total. The third kappa shape index (κ3) is 6.95. The largest absolute Gasteiger partial charge is 0.484 e. The van der Waals surface area contributed by atoms with Crippen LogP contribution < -0.4 is 10.1 Å². The molecule has 6 rings (SSSR count). The average molecular weight is 585 g/mol. The number of benzene rings is 2. The lowest BCUT2D eigenvalue weighted by atomic mass is 9.89. The van der Waals surface area contributed by atoms with Gasteiger partial charge in [-0.15, -0.1) is 5.10 Å². The molecule has 0 spiro atoms. The maximum Gasteiger partial charge on any atom is 0.264 e. The van der Waals surface area contributed by atoms with E-state index in [1.807, 2.05) is 30.3 Å². The second-order valence-corrected chi connectivity index (χ2v) is 11.0. The number of carbonyl (C=O) groups is 1. The first-order valence-electron chi connectivity index (χ1n) is 14.8. The monoisotopic (exact) mass is 584 g/mol. The van der Waals surface area contributed by atoms with E-state index in [9.17, 15) is 10.1 Å². The van der Waals surface area contributed by atoms with E-state index in [0.29, 0.717) is 52.3 Å². The van der Waals surface area contributed by atoms with Gasteiger partial charge in [0.2, 0.25) is 5.95 Å². The third-order valence-electron chi connectivity index (χ3n) is 7.90. The molecule has 1 fully saturated rings. The van der Waals surface area contributed by atoms with Gasteiger partial charge in [0, 0.05) is 17.2 Å². The zero-order chi connectivity index (χ0) is 30.3. The van der Waals surface area contributed by atoms with Crippen LogP contribution in [0.15, 0.2) is 85.1 Å². The molecule has 0 aliphatic heterocycles. The molecule has 10 heteroatoms. The fraction of sp³-hybridized carbons (Fsp3) is 0.265. The van der Waals surface area contributed by atoms with Crippen molar-refractivity contribution in [3.63, 3.8) is 0 Å². The Morgan fingerprint density at radius 1 is 0.977 bits per heavy atom. The Labute approximate surface area is 255 Å². The van der Waals surface area contributed by atoms with Crippen LogP contribution in [0, 0.1) is 17.2 Å². The highest BCUT2D eigenvalue weighted by Crippen LogP contribution is 2.36. The molecule has 0 saturated heterocycles. The van der Waals surface area contributed by atoms with Crippen molar-refractivity contribution in [3.8, 4) is 34.5 Å². The molecule has 3 heterocycles. The first kappa shape index (κ1) is 28.7. The number of pyridine rings is 1. The maximum atomic E-state index is 12.8. The standard InChI is InChI=1S/C34H32N8O2/c1-23(25-10-5-6-11-25)29-16-8-13-27(36-29)20-42-21-32(40-41-42)31-18-30(26-12-7-9-24(17-26)19-35)37-34(38-31)39-33(43)22-44-28-14-3-2-4-15-28/h2-4,7-9,12-18,21,23,25H,5-6,10-11,20,22H2,1H3,(H,37,38,39,43). The molecule has 3 aromatic heterocycles. The molecule has 0 radical (unpaired) electrons. The van der Waals surface area contributed by atoms with Crippen molar-refractivity contribution in [1.29, 1.82) is 5.26 Å². The summed E-state index contributed by atoms with van der Waals surface area (Å²) in [7, 11) is 0. The van der Waals surface area contributed by atoms with Crippen LogP contribution >= 0.6 is 0 Å². The van der Waals surface area contributed by atoms with E-state index >= 15 is 0 Å². The smallest absolute Gasteiger partial charge is 0.264 e. The van der Waals surface area contributed by atoms with E-state index in [1.54, 1.807) is 47.3 Å². The summed E-state index contributed by atoms with van der Waals surface area (Å²) < 4.78 is 7.30. The molecule has 10 nitrogen and oxygen atoms in total. The van der Waals surface area contributed by atoms with Gasteiger partial charge in [0.25, 0.3) is 5.91 Å². The number of ether oxygens (including phenoxy) is 1. The average Bonchev–Trinajstić information content (AvgIpc) is 3.77. The van der Waals surface area contributed by atoms with Crippen LogP contribution in [0.2, 0.25) is 0 Å². The number of anilines is 1. The fourth-order valence-corrected chi connectivity index (χ4v) is 5.55. The van der Waals surface area contributed by atoms with Gasteiger partial charge in [-0.2, -0.15) is 5.26 Å². The molecule has 1 aliphatic rings. The fourth-order valence-electron chi connectivity index (χ4n) is 5.55. The molecule has 2 aromatic carbocycles. The molecule has 5 aromatic rings. The number of nitriles is 1. The number of nitrogens with zero attached hydrogens (tertiary/aromatic N) is 7. The summed E-state index contributed by atoms with van der Waals surface area (Å²) in [6.45, 7) is 2.53. The lowest BCUT2D eigenvalue weighted by Gasteiger charge is -2.18. The Morgan fingerprint density at radius 2 is 1.77 bits per heavy atom. The minimum absolute atomic E-state index is 0.0892. The van der Waals surface area contributed by atoms with E-state index in [0.717, 1.165) is 11.4 Å². The molecule has 44 heavy (non-hydrogen) atoms. The summed E-state index contributed by atoms with van der Waals surface area (Å²) in [4.78, 5) is 26.8. The lowest BCUT2D eigenvalue weighted by molar-refractivity contribution is -0.118. The van der Waals surface area contributed by atoms with Gasteiger partial charge in [-0.3, -0.25) is 15.1 Å². The first-order chi connectivity index (χ1) is 21.5. The number of carbonyl (C=O) groups excluding carboxylic acids is 1. The van der Waals surface area contributed by atoms with E-state index in [-0.39, 0.29) is 12.6 Å². The number of aromatic nitrogens is 6. The van der Waals surface area contributed by atoms with Crippen molar-refractivity contribution in [2.75, 3.05) is 11.9 Å². The highest BCUT2D eigenvalue weighted by Gasteiger charge is 2.24. The number of amides is 1. The Morgan fingerprint density at radius 3 is 2.59 bits per heavy atom. The van der Waals surface area contributed by atoms with E-state index in [4.69, 9.17) is 9.72 Å². The van der Waals surface area contributed by atoms with E-state index in [2.05, 4.69) is 50.7 Å². The van der Waals surface area contributed by atoms with Crippen molar-refractivity contribution < 1.29 is 9.53 Å². The van der Waals surface area contributed by atoms with Crippen LogP contribution in [0.5, 0.6) is 5.75 Å². The summed E-state index contributed by atoms with van der Waals surface area (Å²) in [6, 6.07) is 26.3. The first-order valence-corrected chi connectivity index (χ1v) is 14.8. The summed E-state index contributed by atoms with van der Waals surface area (Å²) in [6.07, 6.45) is 6.94. The molecular formula is C34H32N8O2. The number of hydrogen-bond acceptors (Lipinski definition) is 8. The summed E-state index contributed by atoms with van der Waals surface area (Å²) >= 11 is 0. The Hall–Kier alpha value is -5.43. The molecule has 1 atom stereocenters. The van der Waals surface area contributed by atoms with Crippen LogP contribution in [0.3, 0.4) is 0 Å². The number of para-hydroxylation sites is 1. The zero-order valence-electron chi connectivity index (χ0n) is 24.4. The molecule has 0 bridgehead atoms. The third-order valence-corrected chi connectivity index (χ3v) is 7.90. The minimum atomic E-state index is -0.413. The number of nitrogens with one attached hydrogen (secondary N) is 1. The van der Waals surface area contributed by atoms with Crippen molar-refractivity contribution in [2.24, 2.45) is 5.92 Å². The van der Waals surface area contributed by atoms with Crippen molar-refractivity contribution in [3.05, 3.63) is 102 Å². The van der Waals surface area contributed by atoms with Gasteiger partial charge >= 0.3 is 0 Å². The van der Waals surface area contributed by atoms with Gasteiger partial charge in [-0.05, 0) is 61.2 Å². The molecule has 1 amide bonds.